The predicted molar refractivity (Wildman–Crippen MR) is 104 cm³/mol. The quantitative estimate of drug-likeness (QED) is 0.519. The van der Waals surface area contributed by atoms with Crippen LogP contribution in [-0.4, -0.2) is 18.0 Å². The van der Waals surface area contributed by atoms with Gasteiger partial charge in [0, 0.05) is 11.3 Å². The fraction of sp³-hybridized carbons (Fsp3) is 0.0500. The minimum atomic E-state index is -3.72. The zero-order valence-electron chi connectivity index (χ0n) is 14.5. The van der Waals surface area contributed by atoms with Crippen molar-refractivity contribution < 1.29 is 17.2 Å². The third-order valence-electron chi connectivity index (χ3n) is 4.24. The molecule has 4 aromatic rings. The minimum absolute atomic E-state index is 0.119. The van der Waals surface area contributed by atoms with Crippen molar-refractivity contribution >= 4 is 26.7 Å². The van der Waals surface area contributed by atoms with E-state index in [0.29, 0.717) is 22.3 Å². The Bertz CT molecular complexity index is 1220. The molecule has 3 aromatic carbocycles. The summed E-state index contributed by atoms with van der Waals surface area (Å²) in [5.74, 6) is 0.119. The van der Waals surface area contributed by atoms with Crippen LogP contribution in [0.4, 0.5) is 14.5 Å². The van der Waals surface area contributed by atoms with Crippen LogP contribution in [0.15, 0.2) is 83.8 Å². The van der Waals surface area contributed by atoms with Gasteiger partial charge in [0.05, 0.1) is 15.9 Å². The summed E-state index contributed by atoms with van der Waals surface area (Å²) in [5, 5.41) is 0. The molecule has 0 spiro atoms. The van der Waals surface area contributed by atoms with E-state index >= 15 is 0 Å². The highest BCUT2D eigenvalue weighted by Crippen LogP contribution is 2.30. The number of sulfonamides is 1. The molecular weight excluding hydrogens is 384 g/mol. The molecule has 8 heteroatoms. The molecule has 1 N–H and O–H groups in total. The van der Waals surface area contributed by atoms with Gasteiger partial charge in [0.15, 0.2) is 0 Å². The highest BCUT2D eigenvalue weighted by molar-refractivity contribution is 7.92. The summed E-state index contributed by atoms with van der Waals surface area (Å²) in [6, 6.07) is 20.8. The standard InChI is InChI=1S/C20H15F2N3O2S/c21-20(22)25-18-9-5-4-8-17(18)23-19(25)14-10-12-15(13-11-14)24-28(26,27)16-6-2-1-3-7-16/h1-13,20,24H. The van der Waals surface area contributed by atoms with E-state index in [9.17, 15) is 17.2 Å². The van der Waals surface area contributed by atoms with Crippen molar-refractivity contribution in [2.45, 2.75) is 11.4 Å². The SMILES string of the molecule is O=S(=O)(Nc1ccc(-c2nc3ccccc3n2C(F)F)cc1)c1ccccc1. The Morgan fingerprint density at radius 2 is 1.50 bits per heavy atom. The van der Waals surface area contributed by atoms with Gasteiger partial charge in [-0.25, -0.2) is 13.4 Å². The van der Waals surface area contributed by atoms with Gasteiger partial charge in [-0.3, -0.25) is 9.29 Å². The molecule has 0 atom stereocenters. The number of aromatic nitrogens is 2. The summed E-state index contributed by atoms with van der Waals surface area (Å²) in [7, 11) is -3.72. The smallest absolute Gasteiger partial charge is 0.280 e. The van der Waals surface area contributed by atoms with Gasteiger partial charge in [-0.05, 0) is 48.5 Å². The maximum atomic E-state index is 13.6. The Balaban J connectivity index is 1.68. The van der Waals surface area contributed by atoms with E-state index in [1.165, 1.54) is 24.3 Å². The maximum Gasteiger partial charge on any atom is 0.320 e. The summed E-state index contributed by atoms with van der Waals surface area (Å²) in [6.45, 7) is -2.75. The van der Waals surface area contributed by atoms with Crippen LogP contribution in [0.2, 0.25) is 0 Å². The predicted octanol–water partition coefficient (Wildman–Crippen LogP) is 4.90. The molecule has 142 valence electrons. The fourth-order valence-corrected chi connectivity index (χ4v) is 4.03. The Morgan fingerprint density at radius 1 is 0.857 bits per heavy atom. The lowest BCUT2D eigenvalue weighted by atomic mass is 10.2. The third-order valence-corrected chi connectivity index (χ3v) is 5.64. The van der Waals surface area contributed by atoms with Gasteiger partial charge in [-0.2, -0.15) is 8.78 Å². The fourth-order valence-electron chi connectivity index (χ4n) is 2.95. The number of para-hydroxylation sites is 2. The van der Waals surface area contributed by atoms with Crippen LogP contribution in [0.1, 0.15) is 6.55 Å². The molecule has 0 radical (unpaired) electrons. The van der Waals surface area contributed by atoms with Gasteiger partial charge in [0.25, 0.3) is 10.0 Å². The highest BCUT2D eigenvalue weighted by Gasteiger charge is 2.19. The second kappa shape index (κ2) is 7.05. The number of rotatable bonds is 5. The molecule has 0 amide bonds. The number of fused-ring (bicyclic) bond motifs is 1. The molecule has 5 nitrogen and oxygen atoms in total. The summed E-state index contributed by atoms with van der Waals surface area (Å²) in [5.41, 5.74) is 1.58. The maximum absolute atomic E-state index is 13.6. The number of alkyl halides is 2. The number of anilines is 1. The first kappa shape index (κ1) is 18.1. The van der Waals surface area contributed by atoms with Crippen LogP contribution in [-0.2, 0) is 10.0 Å². The zero-order valence-corrected chi connectivity index (χ0v) is 15.3. The number of benzene rings is 3. The molecule has 0 unspecified atom stereocenters. The van der Waals surface area contributed by atoms with E-state index in [4.69, 9.17) is 0 Å². The van der Waals surface area contributed by atoms with Gasteiger partial charge in [0.1, 0.15) is 5.82 Å². The molecule has 1 aromatic heterocycles. The number of hydrogen-bond acceptors (Lipinski definition) is 3. The number of halogens is 2. The van der Waals surface area contributed by atoms with Crippen LogP contribution in [0.25, 0.3) is 22.4 Å². The Hall–Kier alpha value is -3.26. The lowest BCUT2D eigenvalue weighted by Gasteiger charge is -2.10. The van der Waals surface area contributed by atoms with Crippen LogP contribution >= 0.6 is 0 Å². The molecule has 1 heterocycles. The van der Waals surface area contributed by atoms with Crippen molar-refractivity contribution in [3.8, 4) is 11.4 Å². The van der Waals surface area contributed by atoms with Crippen molar-refractivity contribution in [1.29, 1.82) is 0 Å². The second-order valence-corrected chi connectivity index (χ2v) is 7.75. The lowest BCUT2D eigenvalue weighted by Crippen LogP contribution is -2.12. The van der Waals surface area contributed by atoms with E-state index < -0.39 is 16.6 Å². The first-order chi connectivity index (χ1) is 13.5. The third kappa shape index (κ3) is 3.34. The summed E-state index contributed by atoms with van der Waals surface area (Å²) >= 11 is 0. The van der Waals surface area contributed by atoms with E-state index in [2.05, 4.69) is 9.71 Å². The Kier molecular flexibility index (Phi) is 4.56. The number of hydrogen-bond donors (Lipinski definition) is 1. The lowest BCUT2D eigenvalue weighted by molar-refractivity contribution is 0.0764. The Labute approximate surface area is 160 Å². The number of nitrogens with zero attached hydrogens (tertiary/aromatic N) is 2. The van der Waals surface area contributed by atoms with Gasteiger partial charge in [-0.15, -0.1) is 0 Å². The number of imidazole rings is 1. The van der Waals surface area contributed by atoms with Crippen molar-refractivity contribution in [3.05, 3.63) is 78.9 Å². The van der Waals surface area contributed by atoms with E-state index in [1.54, 1.807) is 54.6 Å². The molecule has 0 aliphatic heterocycles. The van der Waals surface area contributed by atoms with Crippen LogP contribution in [0.5, 0.6) is 0 Å². The number of nitrogens with one attached hydrogen (secondary N) is 1. The van der Waals surface area contributed by atoms with Crippen LogP contribution < -0.4 is 4.72 Å². The Morgan fingerprint density at radius 3 is 2.18 bits per heavy atom. The van der Waals surface area contributed by atoms with Gasteiger partial charge in [0.2, 0.25) is 0 Å². The first-order valence-corrected chi connectivity index (χ1v) is 9.87. The van der Waals surface area contributed by atoms with Gasteiger partial charge < -0.3 is 0 Å². The topological polar surface area (TPSA) is 64.0 Å². The molecule has 0 fully saturated rings. The van der Waals surface area contributed by atoms with Crippen LogP contribution in [0, 0.1) is 0 Å². The molecule has 0 aliphatic rings. The summed E-state index contributed by atoms with van der Waals surface area (Å²) in [4.78, 5) is 4.44. The van der Waals surface area contributed by atoms with Crippen molar-refractivity contribution in [3.63, 3.8) is 0 Å². The molecule has 0 aliphatic carbocycles. The van der Waals surface area contributed by atoms with E-state index in [0.717, 1.165) is 4.57 Å². The van der Waals surface area contributed by atoms with Gasteiger partial charge >= 0.3 is 6.55 Å². The minimum Gasteiger partial charge on any atom is -0.280 e. The average molecular weight is 399 g/mol. The first-order valence-electron chi connectivity index (χ1n) is 8.39. The normalized spacial score (nSPS) is 11.8. The van der Waals surface area contributed by atoms with Crippen molar-refractivity contribution in [2.75, 3.05) is 4.72 Å². The molecule has 28 heavy (non-hydrogen) atoms. The zero-order chi connectivity index (χ0) is 19.7. The largest absolute Gasteiger partial charge is 0.320 e. The molecule has 0 saturated heterocycles. The monoisotopic (exact) mass is 399 g/mol. The highest BCUT2D eigenvalue weighted by atomic mass is 32.2. The van der Waals surface area contributed by atoms with E-state index in [1.807, 2.05) is 0 Å². The van der Waals surface area contributed by atoms with Crippen molar-refractivity contribution in [1.82, 2.24) is 9.55 Å². The average Bonchev–Trinajstić information content (AvgIpc) is 3.09. The van der Waals surface area contributed by atoms with E-state index in [-0.39, 0.29) is 10.7 Å². The molecule has 0 saturated carbocycles. The molecule has 0 bridgehead atoms. The van der Waals surface area contributed by atoms with Gasteiger partial charge in [-0.1, -0.05) is 30.3 Å². The second-order valence-electron chi connectivity index (χ2n) is 6.07. The van der Waals surface area contributed by atoms with Crippen LogP contribution in [0.3, 0.4) is 0 Å². The van der Waals surface area contributed by atoms with Crippen molar-refractivity contribution in [2.24, 2.45) is 0 Å². The summed E-state index contributed by atoms with van der Waals surface area (Å²) in [6.07, 6.45) is 0. The molecule has 4 rings (SSSR count). The summed E-state index contributed by atoms with van der Waals surface area (Å²) < 4.78 is 55.3. The molecular formula is C20H15F2N3O2S.